The smallest absolute Gasteiger partial charge is 0.247 e. The van der Waals surface area contributed by atoms with Crippen LogP contribution in [0.5, 0.6) is 0 Å². The molecule has 1 N–H and O–H groups in total. The molecule has 1 aromatic carbocycles. The van der Waals surface area contributed by atoms with Crippen LogP contribution < -0.4 is 5.32 Å². The van der Waals surface area contributed by atoms with E-state index in [1.165, 1.54) is 24.0 Å². The average Bonchev–Trinajstić information content (AvgIpc) is 3.47. The number of halogens is 1. The van der Waals surface area contributed by atoms with Gasteiger partial charge in [0.05, 0.1) is 16.7 Å². The van der Waals surface area contributed by atoms with Gasteiger partial charge in [0.2, 0.25) is 5.91 Å². The summed E-state index contributed by atoms with van der Waals surface area (Å²) < 4.78 is 4.23. The summed E-state index contributed by atoms with van der Waals surface area (Å²) in [5.74, 6) is 0.908. The number of benzene rings is 1. The maximum Gasteiger partial charge on any atom is 0.247 e. The number of carbonyl (C=O) groups is 1. The Morgan fingerprint density at radius 2 is 1.94 bits per heavy atom. The predicted octanol–water partition coefficient (Wildman–Crippen LogP) is 4.57. The first-order chi connectivity index (χ1) is 15.0. The molecule has 0 radical (unpaired) electrons. The number of aryl methyl sites for hydroxylation is 2. The Kier molecular flexibility index (Phi) is 5.09. The zero-order valence-electron chi connectivity index (χ0n) is 17.5. The Morgan fingerprint density at radius 3 is 2.68 bits per heavy atom. The van der Waals surface area contributed by atoms with E-state index >= 15 is 0 Å². The lowest BCUT2D eigenvalue weighted by Crippen LogP contribution is -2.20. The van der Waals surface area contributed by atoms with Crippen LogP contribution in [-0.2, 0) is 17.9 Å². The number of nitrogens with one attached hydrogen (secondary N) is 1. The van der Waals surface area contributed by atoms with E-state index in [1.54, 1.807) is 9.36 Å². The fraction of sp³-hybridized carbons (Fsp3) is 0.304. The van der Waals surface area contributed by atoms with Crippen molar-refractivity contribution in [3.63, 3.8) is 0 Å². The minimum absolute atomic E-state index is 0.0860. The number of hydrogen-bond acceptors (Lipinski definition) is 4. The Morgan fingerprint density at radius 1 is 1.16 bits per heavy atom. The van der Waals surface area contributed by atoms with Gasteiger partial charge in [-0.1, -0.05) is 29.8 Å². The topological polar surface area (TPSA) is 77.6 Å². The number of nitrogens with zero attached hydrogens (tertiary/aromatic N) is 5. The minimum atomic E-state index is -0.190. The highest BCUT2D eigenvalue weighted by Crippen LogP contribution is 2.43. The highest BCUT2D eigenvalue weighted by atomic mass is 79.9. The second-order valence-electron chi connectivity index (χ2n) is 8.17. The lowest BCUT2D eigenvalue weighted by Gasteiger charge is -2.05. The molecule has 0 atom stereocenters. The van der Waals surface area contributed by atoms with Gasteiger partial charge in [-0.2, -0.15) is 10.2 Å². The van der Waals surface area contributed by atoms with Gasteiger partial charge in [-0.25, -0.2) is 9.67 Å². The number of anilines is 1. The Balaban J connectivity index is 1.31. The van der Waals surface area contributed by atoms with Crippen molar-refractivity contribution in [3.8, 4) is 0 Å². The van der Waals surface area contributed by atoms with Crippen LogP contribution in [-0.4, -0.2) is 30.5 Å². The van der Waals surface area contributed by atoms with E-state index in [-0.39, 0.29) is 12.5 Å². The van der Waals surface area contributed by atoms with Gasteiger partial charge in [0, 0.05) is 17.8 Å². The van der Waals surface area contributed by atoms with Crippen molar-refractivity contribution in [1.29, 1.82) is 0 Å². The molecule has 0 bridgehead atoms. The predicted molar refractivity (Wildman–Crippen MR) is 123 cm³/mol. The van der Waals surface area contributed by atoms with Gasteiger partial charge in [0.15, 0.2) is 11.5 Å². The molecule has 1 aliphatic carbocycles. The summed E-state index contributed by atoms with van der Waals surface area (Å²) in [7, 11) is 0. The van der Waals surface area contributed by atoms with Crippen LogP contribution in [0.4, 0.5) is 5.82 Å². The molecule has 8 heteroatoms. The highest BCUT2D eigenvalue weighted by molar-refractivity contribution is 9.10. The first-order valence-electron chi connectivity index (χ1n) is 10.4. The zero-order chi connectivity index (χ0) is 21.5. The van der Waals surface area contributed by atoms with Crippen molar-refractivity contribution in [3.05, 3.63) is 69.6 Å². The van der Waals surface area contributed by atoms with E-state index in [2.05, 4.69) is 73.7 Å². The number of amides is 1. The average molecular weight is 479 g/mol. The third-order valence-corrected chi connectivity index (χ3v) is 6.17. The van der Waals surface area contributed by atoms with Crippen molar-refractivity contribution in [2.45, 2.75) is 45.7 Å². The lowest BCUT2D eigenvalue weighted by atomic mass is 10.1. The molecule has 3 aromatic heterocycles. The van der Waals surface area contributed by atoms with E-state index < -0.39 is 0 Å². The molecule has 1 amide bonds. The van der Waals surface area contributed by atoms with Crippen LogP contribution in [0, 0.1) is 13.8 Å². The first-order valence-corrected chi connectivity index (χ1v) is 11.2. The largest absolute Gasteiger partial charge is 0.307 e. The van der Waals surface area contributed by atoms with Crippen LogP contribution in [0.1, 0.15) is 41.1 Å². The van der Waals surface area contributed by atoms with Crippen LogP contribution >= 0.6 is 15.9 Å². The molecule has 5 rings (SSSR count). The number of fused-ring (bicyclic) bond motifs is 1. The maximum absolute atomic E-state index is 12.8. The molecular formula is C23H23BrN6O. The fourth-order valence-electron chi connectivity index (χ4n) is 3.91. The molecule has 1 fully saturated rings. The molecule has 7 nitrogen and oxygen atoms in total. The second-order valence-corrected chi connectivity index (χ2v) is 9.03. The maximum atomic E-state index is 12.8. The van der Waals surface area contributed by atoms with Crippen molar-refractivity contribution >= 4 is 38.7 Å². The molecule has 158 valence electrons. The third-order valence-electron chi connectivity index (χ3n) is 5.59. The standard InChI is InChI=1S/C23H23BrN6O/c1-14-3-5-16(6-4-14)11-29-12-19(24)22(28-29)26-20(31)13-30-23-21(15(2)27-30)18(9-10-25-23)17-7-8-17/h3-6,9-10,12,17H,7-8,11,13H2,1-2H3,(H,26,28,31). The van der Waals surface area contributed by atoms with Crippen molar-refractivity contribution in [2.24, 2.45) is 0 Å². The minimum Gasteiger partial charge on any atom is -0.307 e. The Hall–Kier alpha value is -3.00. The third kappa shape index (κ3) is 4.12. The molecule has 0 unspecified atom stereocenters. The van der Waals surface area contributed by atoms with Gasteiger partial charge >= 0.3 is 0 Å². The van der Waals surface area contributed by atoms with Gasteiger partial charge in [-0.05, 0) is 65.7 Å². The molecule has 1 saturated carbocycles. The summed E-state index contributed by atoms with van der Waals surface area (Å²) >= 11 is 3.50. The molecule has 31 heavy (non-hydrogen) atoms. The van der Waals surface area contributed by atoms with E-state index in [0.29, 0.717) is 18.3 Å². The number of rotatable bonds is 6. The number of hydrogen-bond donors (Lipinski definition) is 1. The number of carbonyl (C=O) groups excluding carboxylic acids is 1. The van der Waals surface area contributed by atoms with Crippen molar-refractivity contribution in [1.82, 2.24) is 24.5 Å². The summed E-state index contributed by atoms with van der Waals surface area (Å²) in [6.45, 7) is 4.76. The second kappa shape index (κ2) is 7.92. The van der Waals surface area contributed by atoms with Gasteiger partial charge in [0.25, 0.3) is 0 Å². The molecule has 1 aliphatic rings. The van der Waals surface area contributed by atoms with Crippen LogP contribution in [0.25, 0.3) is 11.0 Å². The first kappa shape index (κ1) is 19.9. The summed E-state index contributed by atoms with van der Waals surface area (Å²) in [6, 6.07) is 10.4. The van der Waals surface area contributed by atoms with Crippen LogP contribution in [0.2, 0.25) is 0 Å². The number of pyridine rings is 1. The van der Waals surface area contributed by atoms with Gasteiger partial charge in [-0.3, -0.25) is 9.48 Å². The van der Waals surface area contributed by atoms with Gasteiger partial charge in [0.1, 0.15) is 6.54 Å². The SMILES string of the molecule is Cc1ccc(Cn2cc(Br)c(NC(=O)Cn3nc(C)c4c(C5CC5)ccnc43)n2)cc1. The van der Waals surface area contributed by atoms with Crippen LogP contribution in [0.3, 0.4) is 0 Å². The van der Waals surface area contributed by atoms with Crippen molar-refractivity contribution in [2.75, 3.05) is 5.32 Å². The lowest BCUT2D eigenvalue weighted by molar-refractivity contribution is -0.116. The molecule has 0 saturated heterocycles. The normalized spacial score (nSPS) is 13.6. The number of aromatic nitrogens is 5. The quantitative estimate of drug-likeness (QED) is 0.440. The van der Waals surface area contributed by atoms with E-state index in [1.807, 2.05) is 19.3 Å². The van der Waals surface area contributed by atoms with E-state index in [9.17, 15) is 4.79 Å². The monoisotopic (exact) mass is 478 g/mol. The molecule has 4 aromatic rings. The van der Waals surface area contributed by atoms with Crippen molar-refractivity contribution < 1.29 is 4.79 Å². The highest BCUT2D eigenvalue weighted by Gasteiger charge is 2.27. The summed E-state index contributed by atoms with van der Waals surface area (Å²) in [4.78, 5) is 17.3. The Labute approximate surface area is 188 Å². The molecule has 3 heterocycles. The Bertz CT molecular complexity index is 1270. The molecular weight excluding hydrogens is 456 g/mol. The summed E-state index contributed by atoms with van der Waals surface area (Å²) in [6.07, 6.45) is 6.11. The van der Waals surface area contributed by atoms with Gasteiger partial charge in [-0.15, -0.1) is 0 Å². The molecule has 0 aliphatic heterocycles. The van der Waals surface area contributed by atoms with E-state index in [4.69, 9.17) is 0 Å². The summed E-state index contributed by atoms with van der Waals surface area (Å²) in [5.41, 5.74) is 5.35. The van der Waals surface area contributed by atoms with Gasteiger partial charge < -0.3 is 5.32 Å². The summed E-state index contributed by atoms with van der Waals surface area (Å²) in [5, 5.41) is 13.1. The molecule has 0 spiro atoms. The van der Waals surface area contributed by atoms with Crippen LogP contribution in [0.15, 0.2) is 47.2 Å². The van der Waals surface area contributed by atoms with E-state index in [0.717, 1.165) is 26.8 Å². The zero-order valence-corrected chi connectivity index (χ0v) is 19.1. The fourth-order valence-corrected chi connectivity index (χ4v) is 4.32.